The molecule has 0 bridgehead atoms. The summed E-state index contributed by atoms with van der Waals surface area (Å²) in [5.41, 5.74) is 3.45. The van der Waals surface area contributed by atoms with Gasteiger partial charge in [-0.3, -0.25) is 0 Å². The number of hydrogen-bond donors (Lipinski definition) is 0. The number of benzene rings is 2. The van der Waals surface area contributed by atoms with E-state index in [1.165, 1.54) is 5.56 Å². The quantitative estimate of drug-likeness (QED) is 0.426. The lowest BCUT2D eigenvalue weighted by Gasteiger charge is -2.01. The first-order valence-electron chi connectivity index (χ1n) is 5.70. The predicted octanol–water partition coefficient (Wildman–Crippen LogP) is 5.19. The van der Waals surface area contributed by atoms with E-state index in [0.29, 0.717) is 0 Å². The van der Waals surface area contributed by atoms with Gasteiger partial charge in [0.2, 0.25) is 0 Å². The number of hydrogen-bond acceptors (Lipinski definition) is 1. The van der Waals surface area contributed by atoms with Crippen LogP contribution in [0.25, 0.3) is 6.08 Å². The third-order valence-corrected chi connectivity index (χ3v) is 3.69. The Balaban J connectivity index is 2.19. The molecule has 2 heteroatoms. The van der Waals surface area contributed by atoms with Gasteiger partial charge in [0, 0.05) is 9.34 Å². The van der Waals surface area contributed by atoms with E-state index in [-0.39, 0.29) is 0 Å². The minimum atomic E-state index is 0.850. The zero-order chi connectivity index (χ0) is 13.0. The van der Waals surface area contributed by atoms with E-state index in [1.807, 2.05) is 42.5 Å². The number of rotatable bonds is 3. The fraction of sp³-hybridized carbons (Fsp3) is 0.0625. The molecule has 0 aliphatic heterocycles. The number of thiocarbonyl (C=S) groups is 1. The summed E-state index contributed by atoms with van der Waals surface area (Å²) < 4.78 is 1.09. The lowest BCUT2D eigenvalue weighted by atomic mass is 10.1. The second-order valence-corrected chi connectivity index (χ2v) is 5.38. The van der Waals surface area contributed by atoms with E-state index in [9.17, 15) is 0 Å². The Morgan fingerprint density at radius 3 is 2.50 bits per heavy atom. The van der Waals surface area contributed by atoms with Gasteiger partial charge in [-0.15, -0.1) is 0 Å². The fourth-order valence-corrected chi connectivity index (χ4v) is 2.46. The zero-order valence-electron chi connectivity index (χ0n) is 10.1. The van der Waals surface area contributed by atoms with Crippen LogP contribution in [0.15, 0.2) is 59.1 Å². The van der Waals surface area contributed by atoms with Crippen molar-refractivity contribution in [2.75, 3.05) is 0 Å². The summed E-state index contributed by atoms with van der Waals surface area (Å²) in [5.74, 6) is 0. The third kappa shape index (κ3) is 3.37. The van der Waals surface area contributed by atoms with E-state index in [4.69, 9.17) is 12.2 Å². The van der Waals surface area contributed by atoms with Gasteiger partial charge in [0.05, 0.1) is 0 Å². The van der Waals surface area contributed by atoms with E-state index in [0.717, 1.165) is 20.5 Å². The van der Waals surface area contributed by atoms with Crippen molar-refractivity contribution >= 4 is 39.1 Å². The summed E-state index contributed by atoms with van der Waals surface area (Å²) in [4.78, 5) is 0.850. The number of allylic oxidation sites excluding steroid dienone is 1. The van der Waals surface area contributed by atoms with Crippen molar-refractivity contribution in [1.29, 1.82) is 0 Å². The van der Waals surface area contributed by atoms with Crippen LogP contribution >= 0.6 is 28.1 Å². The Morgan fingerprint density at radius 2 is 1.83 bits per heavy atom. The van der Waals surface area contributed by atoms with E-state index in [2.05, 4.69) is 41.1 Å². The largest absolute Gasteiger partial charge is 0.0795 e. The van der Waals surface area contributed by atoms with Gasteiger partial charge in [-0.2, -0.15) is 0 Å². The molecule has 0 N–H and O–H groups in total. The molecule has 90 valence electrons. The van der Waals surface area contributed by atoms with Gasteiger partial charge in [0.25, 0.3) is 0 Å². The average Bonchev–Trinajstić information content (AvgIpc) is 2.38. The van der Waals surface area contributed by atoms with Crippen LogP contribution in [0.3, 0.4) is 0 Å². The minimum absolute atomic E-state index is 0.850. The molecule has 0 radical (unpaired) electrons. The first-order valence-corrected chi connectivity index (χ1v) is 6.90. The van der Waals surface area contributed by atoms with Crippen LogP contribution in [0, 0.1) is 6.92 Å². The standard InChI is InChI=1S/C16H13BrS/c1-12-7-8-13(15(17)11-12)9-10-16(18)14-5-3-2-4-6-14/h2-11H,1H3. The molecule has 2 aromatic rings. The molecule has 0 aliphatic carbocycles. The third-order valence-electron chi connectivity index (χ3n) is 2.63. The molecule has 0 saturated carbocycles. The van der Waals surface area contributed by atoms with Gasteiger partial charge in [0.1, 0.15) is 0 Å². The molecule has 0 spiro atoms. The van der Waals surface area contributed by atoms with Crippen molar-refractivity contribution in [3.8, 4) is 0 Å². The van der Waals surface area contributed by atoms with E-state index in [1.54, 1.807) is 0 Å². The molecule has 0 aromatic heterocycles. The monoisotopic (exact) mass is 316 g/mol. The lowest BCUT2D eigenvalue weighted by Crippen LogP contribution is -1.91. The smallest absolute Gasteiger partial charge is 0.0449 e. The van der Waals surface area contributed by atoms with Crippen molar-refractivity contribution in [1.82, 2.24) is 0 Å². The summed E-state index contributed by atoms with van der Waals surface area (Å²) in [6.45, 7) is 2.08. The van der Waals surface area contributed by atoms with Gasteiger partial charge >= 0.3 is 0 Å². The second-order valence-electron chi connectivity index (χ2n) is 4.09. The highest BCUT2D eigenvalue weighted by molar-refractivity contribution is 9.10. The molecule has 0 aliphatic rings. The zero-order valence-corrected chi connectivity index (χ0v) is 12.5. The van der Waals surface area contributed by atoms with Crippen molar-refractivity contribution in [2.45, 2.75) is 6.92 Å². The molecule has 0 atom stereocenters. The summed E-state index contributed by atoms with van der Waals surface area (Å²) >= 11 is 8.95. The molecule has 0 amide bonds. The first kappa shape index (κ1) is 13.2. The van der Waals surface area contributed by atoms with Crippen LogP contribution < -0.4 is 0 Å². The normalized spacial score (nSPS) is 10.8. The Labute approximate surface area is 121 Å². The summed E-state index contributed by atoms with van der Waals surface area (Å²) in [6, 6.07) is 16.3. The van der Waals surface area contributed by atoms with Gasteiger partial charge < -0.3 is 0 Å². The SMILES string of the molecule is Cc1ccc(C=CC(=S)c2ccccc2)c(Br)c1. The Hall–Kier alpha value is -1.25. The summed E-state index contributed by atoms with van der Waals surface area (Å²) in [5, 5.41) is 0. The molecule has 0 nitrogen and oxygen atoms in total. The van der Waals surface area contributed by atoms with Crippen LogP contribution in [-0.2, 0) is 0 Å². The topological polar surface area (TPSA) is 0 Å². The van der Waals surface area contributed by atoms with Crippen LogP contribution in [0.4, 0.5) is 0 Å². The van der Waals surface area contributed by atoms with Crippen LogP contribution in [0.2, 0.25) is 0 Å². The molecular formula is C16H13BrS. The Bertz CT molecular complexity index is 585. The highest BCUT2D eigenvalue weighted by Crippen LogP contribution is 2.20. The molecule has 18 heavy (non-hydrogen) atoms. The minimum Gasteiger partial charge on any atom is -0.0795 e. The Kier molecular flexibility index (Phi) is 4.45. The summed E-state index contributed by atoms with van der Waals surface area (Å²) in [7, 11) is 0. The maximum absolute atomic E-state index is 5.39. The number of aryl methyl sites for hydroxylation is 1. The molecular weight excluding hydrogens is 304 g/mol. The van der Waals surface area contributed by atoms with Gasteiger partial charge in [0.15, 0.2) is 0 Å². The van der Waals surface area contributed by atoms with Crippen LogP contribution in [0.5, 0.6) is 0 Å². The second kappa shape index (κ2) is 6.07. The highest BCUT2D eigenvalue weighted by atomic mass is 79.9. The molecule has 0 heterocycles. The van der Waals surface area contributed by atoms with Crippen molar-refractivity contribution in [2.24, 2.45) is 0 Å². The molecule has 2 rings (SSSR count). The number of halogens is 1. The van der Waals surface area contributed by atoms with E-state index < -0.39 is 0 Å². The summed E-state index contributed by atoms with van der Waals surface area (Å²) in [6.07, 6.45) is 4.01. The van der Waals surface area contributed by atoms with Crippen molar-refractivity contribution in [3.63, 3.8) is 0 Å². The highest BCUT2D eigenvalue weighted by Gasteiger charge is 1.98. The van der Waals surface area contributed by atoms with Gasteiger partial charge in [-0.1, -0.05) is 76.7 Å². The molecule has 0 fully saturated rings. The maximum atomic E-state index is 5.39. The van der Waals surface area contributed by atoms with Crippen LogP contribution in [-0.4, -0.2) is 4.86 Å². The Morgan fingerprint density at radius 1 is 1.11 bits per heavy atom. The van der Waals surface area contributed by atoms with Gasteiger partial charge in [-0.25, -0.2) is 0 Å². The van der Waals surface area contributed by atoms with Gasteiger partial charge in [-0.05, 0) is 35.8 Å². The average molecular weight is 317 g/mol. The molecule has 0 unspecified atom stereocenters. The fourth-order valence-electron chi connectivity index (χ4n) is 1.63. The maximum Gasteiger partial charge on any atom is 0.0449 e. The van der Waals surface area contributed by atoms with Crippen molar-refractivity contribution < 1.29 is 0 Å². The molecule has 2 aromatic carbocycles. The first-order chi connectivity index (χ1) is 8.66. The predicted molar refractivity (Wildman–Crippen MR) is 86.1 cm³/mol. The van der Waals surface area contributed by atoms with E-state index >= 15 is 0 Å². The molecule has 0 saturated heterocycles. The van der Waals surface area contributed by atoms with Crippen molar-refractivity contribution in [3.05, 3.63) is 75.8 Å². The lowest BCUT2D eigenvalue weighted by molar-refractivity contribution is 1.44. The van der Waals surface area contributed by atoms with Crippen LogP contribution in [0.1, 0.15) is 16.7 Å².